The van der Waals surface area contributed by atoms with Crippen molar-refractivity contribution in [2.24, 2.45) is 4.99 Å². The fraction of sp³-hybridized carbons (Fsp3) is 0.727. The fourth-order valence-corrected chi connectivity index (χ4v) is 2.55. The third-order valence-corrected chi connectivity index (χ3v) is 3.63. The minimum absolute atomic E-state index is 0.247. The summed E-state index contributed by atoms with van der Waals surface area (Å²) >= 11 is 0. The topological polar surface area (TPSA) is 74.7 Å². The van der Waals surface area contributed by atoms with Crippen LogP contribution in [0.5, 0.6) is 0 Å². The second kappa shape index (κ2) is 4.46. The van der Waals surface area contributed by atoms with Gasteiger partial charge in [0, 0.05) is 14.1 Å². The third-order valence-electron chi connectivity index (χ3n) is 3.63. The summed E-state index contributed by atoms with van der Waals surface area (Å²) in [7, 11) is 3.13. The molecular formula is C11H16N4O4. The standard InChI is InChI=1S/C11H16N4O4/c1-13-9-8(10(16)14(2)11(13)17)15(6-12-9)5-7-18-3-4-19-7/h6-9H,3-5H2,1-2H3. The summed E-state index contributed by atoms with van der Waals surface area (Å²) in [6, 6.07) is -0.820. The molecule has 3 heterocycles. The SMILES string of the molecule is CN1C(=O)C2C(N=CN2CC2OCCO2)N(C)C1=O. The lowest BCUT2D eigenvalue weighted by molar-refractivity contribution is -0.137. The highest BCUT2D eigenvalue weighted by molar-refractivity contribution is 6.01. The van der Waals surface area contributed by atoms with Crippen LogP contribution in [0.15, 0.2) is 4.99 Å². The van der Waals surface area contributed by atoms with Gasteiger partial charge in [-0.15, -0.1) is 0 Å². The van der Waals surface area contributed by atoms with E-state index in [4.69, 9.17) is 9.47 Å². The zero-order chi connectivity index (χ0) is 13.6. The Morgan fingerprint density at radius 2 is 2.00 bits per heavy atom. The largest absolute Gasteiger partial charge is 0.348 e. The van der Waals surface area contributed by atoms with Crippen LogP contribution in [0.25, 0.3) is 0 Å². The summed E-state index contributed by atoms with van der Waals surface area (Å²) in [6.07, 6.45) is 0.796. The van der Waals surface area contributed by atoms with Crippen LogP contribution < -0.4 is 0 Å². The molecule has 0 aliphatic carbocycles. The van der Waals surface area contributed by atoms with Crippen LogP contribution in [0.3, 0.4) is 0 Å². The van der Waals surface area contributed by atoms with Gasteiger partial charge in [-0.2, -0.15) is 0 Å². The summed E-state index contributed by atoms with van der Waals surface area (Å²) in [5.41, 5.74) is 0. The summed E-state index contributed by atoms with van der Waals surface area (Å²) < 4.78 is 10.7. The van der Waals surface area contributed by atoms with Gasteiger partial charge in [0.1, 0.15) is 0 Å². The van der Waals surface area contributed by atoms with Crippen LogP contribution in [0.1, 0.15) is 0 Å². The number of fused-ring (bicyclic) bond motifs is 1. The summed E-state index contributed by atoms with van der Waals surface area (Å²) in [5, 5.41) is 0. The Morgan fingerprint density at radius 3 is 2.68 bits per heavy atom. The zero-order valence-electron chi connectivity index (χ0n) is 10.9. The molecule has 3 aliphatic rings. The molecule has 0 radical (unpaired) electrons. The predicted octanol–water partition coefficient (Wildman–Crippen LogP) is -1.08. The van der Waals surface area contributed by atoms with Gasteiger partial charge in [0.15, 0.2) is 18.5 Å². The van der Waals surface area contributed by atoms with E-state index in [2.05, 4.69) is 4.99 Å². The highest BCUT2D eigenvalue weighted by atomic mass is 16.7. The number of hydrogen-bond donors (Lipinski definition) is 0. The van der Waals surface area contributed by atoms with Crippen molar-refractivity contribution in [2.45, 2.75) is 18.5 Å². The molecule has 19 heavy (non-hydrogen) atoms. The molecule has 0 aromatic heterocycles. The lowest BCUT2D eigenvalue weighted by Gasteiger charge is -2.39. The molecule has 8 nitrogen and oxygen atoms in total. The third kappa shape index (κ3) is 1.87. The number of amides is 3. The van der Waals surface area contributed by atoms with E-state index < -0.39 is 12.2 Å². The van der Waals surface area contributed by atoms with Crippen LogP contribution in [0, 0.1) is 0 Å². The highest BCUT2D eigenvalue weighted by Crippen LogP contribution is 2.25. The molecule has 2 fully saturated rings. The number of aliphatic imine (C=N–C) groups is 1. The lowest BCUT2D eigenvalue weighted by Crippen LogP contribution is -2.64. The van der Waals surface area contributed by atoms with E-state index in [1.54, 1.807) is 18.3 Å². The molecule has 0 N–H and O–H groups in total. The Kier molecular flexibility index (Phi) is 2.90. The van der Waals surface area contributed by atoms with Gasteiger partial charge in [-0.25, -0.2) is 9.79 Å². The van der Waals surface area contributed by atoms with E-state index in [9.17, 15) is 9.59 Å². The fourth-order valence-electron chi connectivity index (χ4n) is 2.55. The number of rotatable bonds is 2. The summed E-state index contributed by atoms with van der Waals surface area (Å²) in [4.78, 5) is 32.7. The van der Waals surface area contributed by atoms with Crippen molar-refractivity contribution < 1.29 is 19.1 Å². The van der Waals surface area contributed by atoms with E-state index in [0.29, 0.717) is 19.8 Å². The van der Waals surface area contributed by atoms with Crippen molar-refractivity contribution in [3.8, 4) is 0 Å². The van der Waals surface area contributed by atoms with Crippen molar-refractivity contribution >= 4 is 18.3 Å². The number of hydrogen-bond acceptors (Lipinski definition) is 6. The smallest absolute Gasteiger partial charge is 0.328 e. The number of likely N-dealkylation sites (N-methyl/N-ethyl adjacent to an activating group) is 2. The molecule has 2 unspecified atom stereocenters. The summed E-state index contributed by atoms with van der Waals surface area (Å²) in [6.45, 7) is 1.57. The molecule has 0 spiro atoms. The van der Waals surface area contributed by atoms with Crippen LogP contribution in [0.4, 0.5) is 4.79 Å². The Morgan fingerprint density at radius 1 is 1.32 bits per heavy atom. The van der Waals surface area contributed by atoms with Crippen LogP contribution in [-0.4, -0.2) is 85.3 Å². The summed E-state index contributed by atoms with van der Waals surface area (Å²) in [5.74, 6) is -0.247. The Bertz CT molecular complexity index is 434. The van der Waals surface area contributed by atoms with Crippen molar-refractivity contribution in [3.05, 3.63) is 0 Å². The van der Waals surface area contributed by atoms with Crippen LogP contribution >= 0.6 is 0 Å². The molecule has 0 aromatic carbocycles. The average molecular weight is 268 g/mol. The normalized spacial score (nSPS) is 31.6. The average Bonchev–Trinajstić information content (AvgIpc) is 3.04. The van der Waals surface area contributed by atoms with Crippen LogP contribution in [-0.2, 0) is 14.3 Å². The molecule has 2 saturated heterocycles. The highest BCUT2D eigenvalue weighted by Gasteiger charge is 2.48. The molecule has 0 bridgehead atoms. The molecule has 104 valence electrons. The van der Waals surface area contributed by atoms with Gasteiger partial charge in [-0.1, -0.05) is 0 Å². The molecule has 0 aromatic rings. The van der Waals surface area contributed by atoms with Gasteiger partial charge in [0.2, 0.25) is 0 Å². The van der Waals surface area contributed by atoms with E-state index in [1.807, 2.05) is 0 Å². The van der Waals surface area contributed by atoms with Gasteiger partial charge in [0.25, 0.3) is 5.91 Å². The first-order valence-corrected chi connectivity index (χ1v) is 6.16. The van der Waals surface area contributed by atoms with Crippen molar-refractivity contribution in [1.82, 2.24) is 14.7 Å². The maximum Gasteiger partial charge on any atom is 0.328 e. The Balaban J connectivity index is 1.77. The van der Waals surface area contributed by atoms with E-state index in [1.165, 1.54) is 11.9 Å². The lowest BCUT2D eigenvalue weighted by atomic mass is 10.1. The molecular weight excluding hydrogens is 252 g/mol. The molecule has 2 atom stereocenters. The number of carbonyl (C=O) groups is 2. The number of carbonyl (C=O) groups excluding carboxylic acids is 2. The first-order chi connectivity index (χ1) is 9.09. The maximum atomic E-state index is 12.2. The second-order valence-corrected chi connectivity index (χ2v) is 4.78. The number of urea groups is 1. The van der Waals surface area contributed by atoms with Gasteiger partial charge >= 0.3 is 6.03 Å². The van der Waals surface area contributed by atoms with Crippen LogP contribution in [0.2, 0.25) is 0 Å². The predicted molar refractivity (Wildman–Crippen MR) is 64.4 cm³/mol. The zero-order valence-corrected chi connectivity index (χ0v) is 10.9. The molecule has 0 saturated carbocycles. The number of nitrogens with zero attached hydrogens (tertiary/aromatic N) is 4. The Hall–Kier alpha value is -1.67. The van der Waals surface area contributed by atoms with Crippen molar-refractivity contribution in [2.75, 3.05) is 33.9 Å². The molecule has 3 amide bonds. The molecule has 3 aliphatic heterocycles. The first-order valence-electron chi connectivity index (χ1n) is 6.16. The maximum absolute atomic E-state index is 12.2. The number of imide groups is 1. The molecule has 8 heteroatoms. The quantitative estimate of drug-likeness (QED) is 0.637. The van der Waals surface area contributed by atoms with Crippen molar-refractivity contribution in [3.63, 3.8) is 0 Å². The monoisotopic (exact) mass is 268 g/mol. The van der Waals surface area contributed by atoms with Gasteiger partial charge in [-0.3, -0.25) is 9.69 Å². The van der Waals surface area contributed by atoms with E-state index >= 15 is 0 Å². The number of ether oxygens (including phenoxy) is 2. The Labute approximate surface area is 110 Å². The van der Waals surface area contributed by atoms with Gasteiger partial charge in [0.05, 0.1) is 26.1 Å². The van der Waals surface area contributed by atoms with Crippen molar-refractivity contribution in [1.29, 1.82) is 0 Å². The first kappa shape index (κ1) is 12.4. The van der Waals surface area contributed by atoms with E-state index in [0.717, 1.165) is 4.90 Å². The van der Waals surface area contributed by atoms with Gasteiger partial charge in [-0.05, 0) is 0 Å². The van der Waals surface area contributed by atoms with Gasteiger partial charge < -0.3 is 19.3 Å². The second-order valence-electron chi connectivity index (χ2n) is 4.78. The minimum Gasteiger partial charge on any atom is -0.348 e. The minimum atomic E-state index is -0.486. The van der Waals surface area contributed by atoms with E-state index in [-0.39, 0.29) is 18.2 Å². The molecule has 3 rings (SSSR count).